The number of hydrogen-bond acceptors (Lipinski definition) is 3. The van der Waals surface area contributed by atoms with Crippen molar-refractivity contribution in [2.75, 3.05) is 12.3 Å². The number of carbonyl (C=O) groups excluding carboxylic acids is 2. The van der Waals surface area contributed by atoms with Gasteiger partial charge in [0.1, 0.15) is 5.78 Å². The van der Waals surface area contributed by atoms with Crippen molar-refractivity contribution < 1.29 is 9.59 Å². The van der Waals surface area contributed by atoms with E-state index in [1.54, 1.807) is 18.7 Å². The second kappa shape index (κ2) is 5.01. The molecule has 0 spiro atoms. The Bertz CT molecular complexity index is 323. The molecule has 2 rings (SSSR count). The molecule has 0 aromatic carbocycles. The van der Waals surface area contributed by atoms with Crippen LogP contribution in [0.2, 0.25) is 0 Å². The summed E-state index contributed by atoms with van der Waals surface area (Å²) in [5.41, 5.74) is 0. The number of amides is 1. The van der Waals surface area contributed by atoms with Gasteiger partial charge in [-0.1, -0.05) is 0 Å². The molecule has 0 bridgehead atoms. The van der Waals surface area contributed by atoms with Crippen LogP contribution in [0.15, 0.2) is 0 Å². The van der Waals surface area contributed by atoms with Gasteiger partial charge in [-0.25, -0.2) is 0 Å². The van der Waals surface area contributed by atoms with Crippen molar-refractivity contribution in [3.63, 3.8) is 0 Å². The van der Waals surface area contributed by atoms with Gasteiger partial charge >= 0.3 is 0 Å². The largest absolute Gasteiger partial charge is 0.338 e. The van der Waals surface area contributed by atoms with E-state index in [0.717, 1.165) is 38.0 Å². The quantitative estimate of drug-likeness (QED) is 0.776. The highest BCUT2D eigenvalue weighted by Gasteiger charge is 2.43. The lowest BCUT2D eigenvalue weighted by atomic mass is 10.0. The molecule has 0 aromatic rings. The smallest absolute Gasteiger partial charge is 0.238 e. The van der Waals surface area contributed by atoms with Crippen molar-refractivity contribution in [2.45, 2.75) is 56.7 Å². The van der Waals surface area contributed by atoms with Crippen molar-refractivity contribution in [2.24, 2.45) is 0 Å². The Balaban J connectivity index is 2.05. The molecular weight excluding hydrogens is 234 g/mol. The SMILES string of the molecule is CC(=O)CC1CCCN1C(=O)C1(C)CCCS1. The highest BCUT2D eigenvalue weighted by Crippen LogP contribution is 2.40. The first-order valence-corrected chi connectivity index (χ1v) is 7.46. The number of Topliss-reactive ketones (excluding diaryl/α,β-unsaturated/α-hetero) is 1. The number of thioether (sulfide) groups is 1. The zero-order chi connectivity index (χ0) is 12.5. The maximum atomic E-state index is 12.6. The lowest BCUT2D eigenvalue weighted by Crippen LogP contribution is -2.46. The third kappa shape index (κ3) is 2.67. The minimum atomic E-state index is -0.223. The number of ketones is 1. The molecule has 0 aliphatic carbocycles. The van der Waals surface area contributed by atoms with Crippen LogP contribution in [0.5, 0.6) is 0 Å². The van der Waals surface area contributed by atoms with Gasteiger partial charge in [0, 0.05) is 19.0 Å². The van der Waals surface area contributed by atoms with Crippen LogP contribution in [0.1, 0.15) is 46.0 Å². The van der Waals surface area contributed by atoms with Crippen LogP contribution in [-0.4, -0.2) is 39.7 Å². The van der Waals surface area contributed by atoms with Gasteiger partial charge in [0.25, 0.3) is 0 Å². The molecule has 4 heteroatoms. The van der Waals surface area contributed by atoms with Crippen LogP contribution < -0.4 is 0 Å². The standard InChI is InChI=1S/C13H21NO2S/c1-10(15)9-11-5-3-7-14(11)12(16)13(2)6-4-8-17-13/h11H,3-9H2,1-2H3. The number of nitrogens with zero attached hydrogens (tertiary/aromatic N) is 1. The zero-order valence-corrected chi connectivity index (χ0v) is 11.5. The van der Waals surface area contributed by atoms with Gasteiger partial charge in [-0.15, -0.1) is 11.8 Å². The van der Waals surface area contributed by atoms with Crippen LogP contribution in [0, 0.1) is 0 Å². The Hall–Kier alpha value is -0.510. The van der Waals surface area contributed by atoms with Crippen molar-refractivity contribution in [3.05, 3.63) is 0 Å². The van der Waals surface area contributed by atoms with Gasteiger partial charge < -0.3 is 4.90 Å². The molecule has 2 unspecified atom stereocenters. The number of hydrogen-bond donors (Lipinski definition) is 0. The monoisotopic (exact) mass is 255 g/mol. The molecule has 0 N–H and O–H groups in total. The van der Waals surface area contributed by atoms with Crippen LogP contribution in [0.4, 0.5) is 0 Å². The summed E-state index contributed by atoms with van der Waals surface area (Å²) in [4.78, 5) is 25.8. The normalized spacial score (nSPS) is 33.1. The summed E-state index contributed by atoms with van der Waals surface area (Å²) in [5.74, 6) is 1.55. The average molecular weight is 255 g/mol. The molecule has 2 heterocycles. The number of carbonyl (C=O) groups is 2. The van der Waals surface area contributed by atoms with Gasteiger partial charge in [-0.2, -0.15) is 0 Å². The Kier molecular flexibility index (Phi) is 3.81. The zero-order valence-electron chi connectivity index (χ0n) is 10.7. The first-order valence-electron chi connectivity index (χ1n) is 6.47. The first-order chi connectivity index (χ1) is 8.03. The van der Waals surface area contributed by atoms with E-state index in [4.69, 9.17) is 0 Å². The van der Waals surface area contributed by atoms with E-state index in [2.05, 4.69) is 6.92 Å². The van der Waals surface area contributed by atoms with Gasteiger partial charge in [-0.3, -0.25) is 9.59 Å². The van der Waals surface area contributed by atoms with E-state index < -0.39 is 0 Å². The van der Waals surface area contributed by atoms with Crippen molar-refractivity contribution in [1.82, 2.24) is 4.90 Å². The van der Waals surface area contributed by atoms with Crippen LogP contribution >= 0.6 is 11.8 Å². The number of likely N-dealkylation sites (tertiary alicyclic amines) is 1. The molecule has 3 nitrogen and oxygen atoms in total. The highest BCUT2D eigenvalue weighted by molar-refractivity contribution is 8.01. The second-order valence-electron chi connectivity index (χ2n) is 5.38. The summed E-state index contributed by atoms with van der Waals surface area (Å²) in [6.07, 6.45) is 4.70. The minimum absolute atomic E-state index is 0.165. The van der Waals surface area contributed by atoms with E-state index in [-0.39, 0.29) is 22.5 Å². The Morgan fingerprint density at radius 1 is 1.41 bits per heavy atom. The minimum Gasteiger partial charge on any atom is -0.338 e. The van der Waals surface area contributed by atoms with Gasteiger partial charge in [-0.05, 0) is 45.3 Å². The summed E-state index contributed by atoms with van der Waals surface area (Å²) >= 11 is 1.78. The Labute approximate surface area is 107 Å². The topological polar surface area (TPSA) is 37.4 Å². The van der Waals surface area contributed by atoms with Crippen molar-refractivity contribution in [1.29, 1.82) is 0 Å². The molecule has 0 aromatic heterocycles. The van der Waals surface area contributed by atoms with E-state index in [9.17, 15) is 9.59 Å². The lowest BCUT2D eigenvalue weighted by molar-refractivity contribution is -0.134. The predicted molar refractivity (Wildman–Crippen MR) is 70.1 cm³/mol. The van der Waals surface area contributed by atoms with Crippen molar-refractivity contribution in [3.8, 4) is 0 Å². The van der Waals surface area contributed by atoms with Crippen LogP contribution in [0.3, 0.4) is 0 Å². The Morgan fingerprint density at radius 3 is 2.76 bits per heavy atom. The van der Waals surface area contributed by atoms with E-state index in [1.807, 2.05) is 4.90 Å². The summed E-state index contributed by atoms with van der Waals surface area (Å²) in [6.45, 7) is 4.52. The lowest BCUT2D eigenvalue weighted by Gasteiger charge is -2.32. The molecule has 0 saturated carbocycles. The first kappa shape index (κ1) is 12.9. The molecule has 0 radical (unpaired) electrons. The second-order valence-corrected chi connectivity index (χ2v) is 6.98. The van der Waals surface area contributed by atoms with Gasteiger partial charge in [0.15, 0.2) is 0 Å². The van der Waals surface area contributed by atoms with E-state index in [1.165, 1.54) is 0 Å². The van der Waals surface area contributed by atoms with Gasteiger partial charge in [0.05, 0.1) is 4.75 Å². The summed E-state index contributed by atoms with van der Waals surface area (Å²) in [5, 5.41) is 0. The molecule has 2 atom stereocenters. The molecule has 2 aliphatic heterocycles. The maximum Gasteiger partial charge on any atom is 0.238 e. The fourth-order valence-corrected chi connectivity index (χ4v) is 4.17. The third-order valence-corrected chi connectivity index (χ3v) is 5.34. The highest BCUT2D eigenvalue weighted by atomic mass is 32.2. The fourth-order valence-electron chi connectivity index (χ4n) is 2.90. The summed E-state index contributed by atoms with van der Waals surface area (Å²) in [6, 6.07) is 0.165. The van der Waals surface area contributed by atoms with Crippen LogP contribution in [0.25, 0.3) is 0 Å². The molecule has 1 amide bonds. The molecule has 2 fully saturated rings. The maximum absolute atomic E-state index is 12.6. The molecule has 2 saturated heterocycles. The molecular formula is C13H21NO2S. The number of rotatable bonds is 3. The summed E-state index contributed by atoms with van der Waals surface area (Å²) < 4.78 is -0.223. The summed E-state index contributed by atoms with van der Waals surface area (Å²) in [7, 11) is 0. The molecule has 2 aliphatic rings. The predicted octanol–water partition coefficient (Wildman–Crippen LogP) is 2.24. The molecule has 96 valence electrons. The van der Waals surface area contributed by atoms with Crippen LogP contribution in [-0.2, 0) is 9.59 Å². The Morgan fingerprint density at radius 2 is 2.18 bits per heavy atom. The van der Waals surface area contributed by atoms with E-state index in [0.29, 0.717) is 6.42 Å². The third-order valence-electron chi connectivity index (χ3n) is 3.83. The van der Waals surface area contributed by atoms with Crippen molar-refractivity contribution >= 4 is 23.5 Å². The average Bonchev–Trinajstić information content (AvgIpc) is 2.86. The van der Waals surface area contributed by atoms with E-state index >= 15 is 0 Å². The molecule has 17 heavy (non-hydrogen) atoms. The fraction of sp³-hybridized carbons (Fsp3) is 0.846. The van der Waals surface area contributed by atoms with Gasteiger partial charge in [0.2, 0.25) is 5.91 Å².